The van der Waals surface area contributed by atoms with Crippen LogP contribution in [0.2, 0.25) is 10.0 Å². The molecule has 4 atom stereocenters. The number of amides is 1. The van der Waals surface area contributed by atoms with Gasteiger partial charge in [0.15, 0.2) is 0 Å². The first-order chi connectivity index (χ1) is 10.5. The molecule has 1 N–H and O–H groups in total. The summed E-state index contributed by atoms with van der Waals surface area (Å²) in [4.78, 5) is 23.7. The Kier molecular flexibility index (Phi) is 4.15. The van der Waals surface area contributed by atoms with Crippen LogP contribution in [0.3, 0.4) is 0 Å². The van der Waals surface area contributed by atoms with Crippen molar-refractivity contribution in [1.82, 2.24) is 5.32 Å². The Morgan fingerprint density at radius 3 is 2.45 bits per heavy atom. The highest BCUT2D eigenvalue weighted by Gasteiger charge is 2.48. The Hall–Kier alpha value is -1.52. The molecule has 4 unspecified atom stereocenters. The van der Waals surface area contributed by atoms with Gasteiger partial charge in [-0.25, -0.2) is 0 Å². The quantitative estimate of drug-likeness (QED) is 0.851. The molecule has 1 saturated carbocycles. The largest absolute Gasteiger partial charge is 0.550 e. The summed E-state index contributed by atoms with van der Waals surface area (Å²) in [5.41, 5.74) is 0.812. The van der Waals surface area contributed by atoms with Gasteiger partial charge in [0.2, 0.25) is 5.91 Å². The third-order valence-electron chi connectivity index (χ3n) is 4.48. The van der Waals surface area contributed by atoms with E-state index >= 15 is 0 Å². The molecule has 1 aromatic rings. The van der Waals surface area contributed by atoms with Gasteiger partial charge >= 0.3 is 0 Å². The van der Waals surface area contributed by atoms with Crippen LogP contribution >= 0.6 is 23.2 Å². The van der Waals surface area contributed by atoms with Gasteiger partial charge < -0.3 is 15.2 Å². The zero-order chi connectivity index (χ0) is 15.9. The van der Waals surface area contributed by atoms with Crippen molar-refractivity contribution in [2.24, 2.45) is 23.7 Å². The molecule has 6 heteroatoms. The van der Waals surface area contributed by atoms with Crippen LogP contribution in [0.1, 0.15) is 12.0 Å². The van der Waals surface area contributed by atoms with Crippen molar-refractivity contribution in [3.63, 3.8) is 0 Å². The maximum absolute atomic E-state index is 12.4. The van der Waals surface area contributed by atoms with Crippen molar-refractivity contribution in [3.8, 4) is 0 Å². The molecule has 116 valence electrons. The van der Waals surface area contributed by atoms with E-state index in [1.807, 2.05) is 12.2 Å². The molecule has 0 heterocycles. The monoisotopic (exact) mass is 338 g/mol. The van der Waals surface area contributed by atoms with Gasteiger partial charge in [0.25, 0.3) is 0 Å². The molecule has 0 saturated heterocycles. The summed E-state index contributed by atoms with van der Waals surface area (Å²) in [7, 11) is 0. The van der Waals surface area contributed by atoms with E-state index in [2.05, 4.69) is 5.32 Å². The van der Waals surface area contributed by atoms with Crippen LogP contribution in [0.5, 0.6) is 0 Å². The number of halogens is 2. The summed E-state index contributed by atoms with van der Waals surface area (Å²) in [6.45, 7) is 0.285. The fourth-order valence-corrected chi connectivity index (χ4v) is 3.78. The van der Waals surface area contributed by atoms with E-state index in [0.29, 0.717) is 16.5 Å². The number of nitrogens with one attached hydrogen (secondary N) is 1. The van der Waals surface area contributed by atoms with E-state index in [0.717, 1.165) is 5.56 Å². The Balaban J connectivity index is 1.68. The number of hydrogen-bond acceptors (Lipinski definition) is 3. The molecule has 22 heavy (non-hydrogen) atoms. The molecular weight excluding hydrogens is 325 g/mol. The van der Waals surface area contributed by atoms with E-state index in [1.54, 1.807) is 18.2 Å². The van der Waals surface area contributed by atoms with E-state index in [-0.39, 0.29) is 24.3 Å². The fourth-order valence-electron chi connectivity index (χ4n) is 3.46. The topological polar surface area (TPSA) is 69.2 Å². The number of carbonyl (C=O) groups is 2. The summed E-state index contributed by atoms with van der Waals surface area (Å²) < 4.78 is 0. The molecule has 1 fully saturated rings. The second-order valence-electron chi connectivity index (χ2n) is 5.79. The number of benzene rings is 1. The number of aliphatic carboxylic acids is 1. The Morgan fingerprint density at radius 2 is 1.82 bits per heavy atom. The number of carboxylic acid groups (broad SMARTS) is 1. The Morgan fingerprint density at radius 1 is 1.14 bits per heavy atom. The second kappa shape index (κ2) is 5.94. The minimum absolute atomic E-state index is 0.0123. The number of allylic oxidation sites excluding steroid dienone is 2. The molecule has 1 aromatic carbocycles. The van der Waals surface area contributed by atoms with Crippen molar-refractivity contribution >= 4 is 35.1 Å². The van der Waals surface area contributed by atoms with E-state index in [1.165, 1.54) is 0 Å². The molecule has 2 aliphatic carbocycles. The smallest absolute Gasteiger partial charge is 0.224 e. The second-order valence-corrected chi connectivity index (χ2v) is 6.60. The number of rotatable bonds is 4. The van der Waals surface area contributed by atoms with Crippen molar-refractivity contribution in [2.45, 2.75) is 13.0 Å². The predicted octanol–water partition coefficient (Wildman–Crippen LogP) is 1.80. The van der Waals surface area contributed by atoms with Crippen molar-refractivity contribution in [2.75, 3.05) is 0 Å². The summed E-state index contributed by atoms with van der Waals surface area (Å²) in [6.07, 6.45) is 4.53. The van der Waals surface area contributed by atoms with E-state index in [4.69, 9.17) is 23.2 Å². The van der Waals surface area contributed by atoms with Gasteiger partial charge in [-0.3, -0.25) is 4.79 Å². The van der Waals surface area contributed by atoms with Crippen molar-refractivity contribution in [3.05, 3.63) is 46.0 Å². The fraction of sp³-hybridized carbons (Fsp3) is 0.375. The molecular formula is C16H14Cl2NO3-. The molecule has 4 nitrogen and oxygen atoms in total. The zero-order valence-electron chi connectivity index (χ0n) is 11.6. The van der Waals surface area contributed by atoms with Crippen molar-refractivity contribution in [1.29, 1.82) is 0 Å². The van der Waals surface area contributed by atoms with Gasteiger partial charge in [0.05, 0.1) is 16.0 Å². The average Bonchev–Trinajstić information content (AvgIpc) is 3.08. The lowest BCUT2D eigenvalue weighted by atomic mass is 9.82. The van der Waals surface area contributed by atoms with Crippen LogP contribution in [-0.4, -0.2) is 11.9 Å². The van der Waals surface area contributed by atoms with Gasteiger partial charge in [-0.05, 0) is 36.0 Å². The predicted molar refractivity (Wildman–Crippen MR) is 81.0 cm³/mol. The molecule has 0 spiro atoms. The lowest BCUT2D eigenvalue weighted by molar-refractivity contribution is -0.313. The molecule has 2 aliphatic rings. The van der Waals surface area contributed by atoms with E-state index < -0.39 is 17.8 Å². The van der Waals surface area contributed by atoms with Gasteiger partial charge in [0, 0.05) is 18.4 Å². The van der Waals surface area contributed by atoms with Crippen molar-refractivity contribution < 1.29 is 14.7 Å². The molecule has 2 bridgehead atoms. The molecule has 0 aromatic heterocycles. The number of hydrogen-bond donors (Lipinski definition) is 1. The van der Waals surface area contributed by atoms with Gasteiger partial charge in [-0.1, -0.05) is 41.4 Å². The molecule has 1 amide bonds. The van der Waals surface area contributed by atoms with Gasteiger partial charge in [0.1, 0.15) is 0 Å². The standard InChI is InChI=1S/C16H15Cl2NO3/c17-11-4-1-8(5-12(11)18)7-19-15(20)13-9-2-3-10(6-9)14(13)16(21)22/h1-5,9-10,13-14H,6-7H2,(H,19,20)(H,21,22)/p-1. The third kappa shape index (κ3) is 2.73. The maximum atomic E-state index is 12.4. The summed E-state index contributed by atoms with van der Waals surface area (Å²) in [5, 5.41) is 15.0. The summed E-state index contributed by atoms with van der Waals surface area (Å²) in [6, 6.07) is 5.11. The highest BCUT2D eigenvalue weighted by molar-refractivity contribution is 6.42. The molecule has 3 rings (SSSR count). The van der Waals surface area contributed by atoms with Crippen LogP contribution in [-0.2, 0) is 16.1 Å². The highest BCUT2D eigenvalue weighted by atomic mass is 35.5. The molecule has 0 radical (unpaired) electrons. The minimum Gasteiger partial charge on any atom is -0.550 e. The van der Waals surface area contributed by atoms with E-state index in [9.17, 15) is 14.7 Å². The first-order valence-corrected chi connectivity index (χ1v) is 7.84. The number of carboxylic acids is 1. The average molecular weight is 339 g/mol. The molecule has 0 aliphatic heterocycles. The minimum atomic E-state index is -1.15. The Bertz CT molecular complexity index is 659. The van der Waals surface area contributed by atoms with Crippen LogP contribution in [0.15, 0.2) is 30.4 Å². The van der Waals surface area contributed by atoms with Crippen LogP contribution in [0.4, 0.5) is 0 Å². The Labute approximate surface area is 138 Å². The van der Waals surface area contributed by atoms with Gasteiger partial charge in [-0.2, -0.15) is 0 Å². The first-order valence-electron chi connectivity index (χ1n) is 7.08. The SMILES string of the molecule is O=C([O-])C1C2C=CC(C2)C1C(=O)NCc1ccc(Cl)c(Cl)c1. The number of fused-ring (bicyclic) bond motifs is 2. The van der Waals surface area contributed by atoms with Crippen LogP contribution in [0.25, 0.3) is 0 Å². The lowest BCUT2D eigenvalue weighted by Gasteiger charge is -2.27. The number of carbonyl (C=O) groups excluding carboxylic acids is 2. The highest BCUT2D eigenvalue weighted by Crippen LogP contribution is 2.47. The summed E-state index contributed by atoms with van der Waals surface area (Å²) >= 11 is 11.8. The summed E-state index contributed by atoms with van der Waals surface area (Å²) in [5.74, 6) is -2.78. The zero-order valence-corrected chi connectivity index (χ0v) is 13.1. The van der Waals surface area contributed by atoms with Gasteiger partial charge in [-0.15, -0.1) is 0 Å². The lowest BCUT2D eigenvalue weighted by Crippen LogP contribution is -2.44. The van der Waals surface area contributed by atoms with Crippen LogP contribution < -0.4 is 10.4 Å². The third-order valence-corrected chi connectivity index (χ3v) is 5.22. The first kappa shape index (κ1) is 15.4. The normalized spacial score (nSPS) is 28.8. The van der Waals surface area contributed by atoms with Crippen LogP contribution in [0, 0.1) is 23.7 Å². The maximum Gasteiger partial charge on any atom is 0.224 e.